The monoisotopic (exact) mass is 240 g/mol. The molecule has 0 amide bonds. The minimum absolute atomic E-state index is 0.570. The molecule has 0 bridgehead atoms. The zero-order valence-corrected chi connectivity index (χ0v) is 9.74. The first-order chi connectivity index (χ1) is 8.06. The SMILES string of the molecule is Cc1ccc(O[C@@H]2OC(C)O[C@H](O)C2O)cc1. The van der Waals surface area contributed by atoms with Gasteiger partial charge in [0.2, 0.25) is 6.29 Å². The fourth-order valence-corrected chi connectivity index (χ4v) is 1.56. The lowest BCUT2D eigenvalue weighted by Gasteiger charge is -2.35. The van der Waals surface area contributed by atoms with Crippen LogP contribution in [0.2, 0.25) is 0 Å². The lowest BCUT2D eigenvalue weighted by Crippen LogP contribution is -2.51. The molecule has 5 heteroatoms. The smallest absolute Gasteiger partial charge is 0.233 e. The molecule has 17 heavy (non-hydrogen) atoms. The maximum absolute atomic E-state index is 9.65. The minimum Gasteiger partial charge on any atom is -0.462 e. The Labute approximate surface area is 99.5 Å². The normalized spacial score (nSPS) is 33.4. The summed E-state index contributed by atoms with van der Waals surface area (Å²) >= 11 is 0. The van der Waals surface area contributed by atoms with Crippen LogP contribution in [0.4, 0.5) is 0 Å². The lowest BCUT2D eigenvalue weighted by atomic mass is 10.2. The molecule has 1 aromatic carbocycles. The van der Waals surface area contributed by atoms with Gasteiger partial charge >= 0.3 is 0 Å². The van der Waals surface area contributed by atoms with E-state index in [1.807, 2.05) is 19.1 Å². The third kappa shape index (κ3) is 2.95. The Balaban J connectivity index is 2.04. The topological polar surface area (TPSA) is 68.2 Å². The third-order valence-electron chi connectivity index (χ3n) is 2.50. The van der Waals surface area contributed by atoms with E-state index >= 15 is 0 Å². The van der Waals surface area contributed by atoms with Crippen LogP contribution >= 0.6 is 0 Å². The van der Waals surface area contributed by atoms with Gasteiger partial charge in [0.25, 0.3) is 0 Å². The third-order valence-corrected chi connectivity index (χ3v) is 2.50. The van der Waals surface area contributed by atoms with Gasteiger partial charge in [0, 0.05) is 0 Å². The fourth-order valence-electron chi connectivity index (χ4n) is 1.56. The summed E-state index contributed by atoms with van der Waals surface area (Å²) in [5.41, 5.74) is 1.11. The van der Waals surface area contributed by atoms with Crippen molar-refractivity contribution in [1.29, 1.82) is 0 Å². The second-order valence-electron chi connectivity index (χ2n) is 4.02. The number of benzene rings is 1. The van der Waals surface area contributed by atoms with Gasteiger partial charge in [0.15, 0.2) is 18.7 Å². The maximum Gasteiger partial charge on any atom is 0.233 e. The van der Waals surface area contributed by atoms with Crippen molar-refractivity contribution in [3.8, 4) is 5.75 Å². The maximum atomic E-state index is 9.65. The van der Waals surface area contributed by atoms with Crippen LogP contribution in [-0.4, -0.2) is 35.2 Å². The molecular weight excluding hydrogens is 224 g/mol. The second kappa shape index (κ2) is 5.01. The first-order valence-corrected chi connectivity index (χ1v) is 5.46. The standard InChI is InChI=1S/C12H16O5/c1-7-3-5-9(6-4-7)17-12-10(13)11(14)15-8(2)16-12/h3-6,8,10-14H,1-2H3/t8?,10?,11-,12-/m0/s1. The molecule has 1 aliphatic rings. The van der Waals surface area contributed by atoms with Crippen molar-refractivity contribution in [2.45, 2.75) is 38.8 Å². The zero-order chi connectivity index (χ0) is 12.4. The summed E-state index contributed by atoms with van der Waals surface area (Å²) in [7, 11) is 0. The summed E-state index contributed by atoms with van der Waals surface area (Å²) in [6.45, 7) is 3.59. The minimum atomic E-state index is -1.30. The van der Waals surface area contributed by atoms with E-state index in [4.69, 9.17) is 14.2 Å². The van der Waals surface area contributed by atoms with Gasteiger partial charge < -0.3 is 24.4 Å². The number of hydrogen-bond donors (Lipinski definition) is 2. The van der Waals surface area contributed by atoms with Crippen molar-refractivity contribution >= 4 is 0 Å². The Kier molecular flexibility index (Phi) is 3.63. The number of aliphatic hydroxyl groups excluding tert-OH is 2. The van der Waals surface area contributed by atoms with Gasteiger partial charge in [-0.2, -0.15) is 0 Å². The Hall–Kier alpha value is -1.14. The Morgan fingerprint density at radius 1 is 1.12 bits per heavy atom. The van der Waals surface area contributed by atoms with Gasteiger partial charge in [-0.15, -0.1) is 0 Å². The highest BCUT2D eigenvalue weighted by atomic mass is 16.8. The summed E-state index contributed by atoms with van der Waals surface area (Å²) in [6.07, 6.45) is -4.08. The molecule has 94 valence electrons. The van der Waals surface area contributed by atoms with E-state index in [0.29, 0.717) is 5.75 Å². The van der Waals surface area contributed by atoms with Gasteiger partial charge in [0.05, 0.1) is 0 Å². The summed E-state index contributed by atoms with van der Waals surface area (Å²) in [5, 5.41) is 19.1. The van der Waals surface area contributed by atoms with Crippen molar-refractivity contribution in [2.24, 2.45) is 0 Å². The second-order valence-corrected chi connectivity index (χ2v) is 4.02. The van der Waals surface area contributed by atoms with E-state index in [-0.39, 0.29) is 0 Å². The zero-order valence-electron chi connectivity index (χ0n) is 9.74. The molecule has 1 aliphatic heterocycles. The first kappa shape index (κ1) is 12.3. The molecule has 2 unspecified atom stereocenters. The van der Waals surface area contributed by atoms with E-state index < -0.39 is 25.0 Å². The Morgan fingerprint density at radius 2 is 1.76 bits per heavy atom. The lowest BCUT2D eigenvalue weighted by molar-refractivity contribution is -0.361. The quantitative estimate of drug-likeness (QED) is 0.799. The van der Waals surface area contributed by atoms with Crippen LogP contribution < -0.4 is 4.74 Å². The first-order valence-electron chi connectivity index (χ1n) is 5.46. The van der Waals surface area contributed by atoms with Crippen LogP contribution in [0.1, 0.15) is 12.5 Å². The van der Waals surface area contributed by atoms with E-state index in [1.54, 1.807) is 19.1 Å². The molecule has 0 spiro atoms. The van der Waals surface area contributed by atoms with Crippen LogP contribution in [-0.2, 0) is 9.47 Å². The molecule has 0 saturated carbocycles. The number of rotatable bonds is 2. The Bertz CT molecular complexity index is 364. The Morgan fingerprint density at radius 3 is 2.41 bits per heavy atom. The van der Waals surface area contributed by atoms with Crippen LogP contribution in [0, 0.1) is 6.92 Å². The van der Waals surface area contributed by atoms with Crippen molar-refractivity contribution in [3.05, 3.63) is 29.8 Å². The molecule has 1 heterocycles. The number of ether oxygens (including phenoxy) is 3. The predicted octanol–water partition coefficient (Wildman–Crippen LogP) is 0.772. The van der Waals surface area contributed by atoms with Crippen molar-refractivity contribution in [2.75, 3.05) is 0 Å². The summed E-state index contributed by atoms with van der Waals surface area (Å²) in [6, 6.07) is 7.33. The summed E-state index contributed by atoms with van der Waals surface area (Å²) in [5.74, 6) is 0.570. The van der Waals surface area contributed by atoms with E-state index in [0.717, 1.165) is 5.56 Å². The molecule has 1 aromatic rings. The van der Waals surface area contributed by atoms with Gasteiger partial charge in [-0.05, 0) is 26.0 Å². The average molecular weight is 240 g/mol. The highest BCUT2D eigenvalue weighted by Gasteiger charge is 2.37. The van der Waals surface area contributed by atoms with E-state index in [2.05, 4.69) is 0 Å². The molecule has 5 nitrogen and oxygen atoms in total. The largest absolute Gasteiger partial charge is 0.462 e. The van der Waals surface area contributed by atoms with E-state index in [1.165, 1.54) is 0 Å². The summed E-state index contributed by atoms with van der Waals surface area (Å²) < 4.78 is 15.6. The van der Waals surface area contributed by atoms with Crippen molar-refractivity contribution in [3.63, 3.8) is 0 Å². The fraction of sp³-hybridized carbons (Fsp3) is 0.500. The van der Waals surface area contributed by atoms with Crippen molar-refractivity contribution < 1.29 is 24.4 Å². The van der Waals surface area contributed by atoms with Gasteiger partial charge in [-0.3, -0.25) is 0 Å². The molecule has 0 aromatic heterocycles. The molecule has 1 fully saturated rings. The number of aliphatic hydroxyl groups is 2. The van der Waals surface area contributed by atoms with Crippen LogP contribution in [0.25, 0.3) is 0 Å². The van der Waals surface area contributed by atoms with Gasteiger partial charge in [-0.1, -0.05) is 17.7 Å². The molecular formula is C12H16O5. The van der Waals surface area contributed by atoms with Crippen LogP contribution in [0.15, 0.2) is 24.3 Å². The number of hydrogen-bond acceptors (Lipinski definition) is 5. The molecule has 0 radical (unpaired) electrons. The number of aryl methyl sites for hydroxylation is 1. The van der Waals surface area contributed by atoms with Crippen molar-refractivity contribution in [1.82, 2.24) is 0 Å². The highest BCUT2D eigenvalue weighted by molar-refractivity contribution is 5.26. The average Bonchev–Trinajstić information content (AvgIpc) is 2.28. The summed E-state index contributed by atoms with van der Waals surface area (Å²) in [4.78, 5) is 0. The molecule has 2 N–H and O–H groups in total. The highest BCUT2D eigenvalue weighted by Crippen LogP contribution is 2.22. The van der Waals surface area contributed by atoms with E-state index in [9.17, 15) is 10.2 Å². The predicted molar refractivity (Wildman–Crippen MR) is 59.2 cm³/mol. The molecule has 4 atom stereocenters. The van der Waals surface area contributed by atoms with Crippen LogP contribution in [0.3, 0.4) is 0 Å². The molecule has 1 saturated heterocycles. The van der Waals surface area contributed by atoms with Crippen LogP contribution in [0.5, 0.6) is 5.75 Å². The molecule has 2 rings (SSSR count). The van der Waals surface area contributed by atoms with Gasteiger partial charge in [-0.25, -0.2) is 0 Å². The van der Waals surface area contributed by atoms with Gasteiger partial charge in [0.1, 0.15) is 5.75 Å². The molecule has 0 aliphatic carbocycles.